The molecule has 0 fully saturated rings. The Morgan fingerprint density at radius 3 is 2.52 bits per heavy atom. The number of tetrazole rings is 1. The molecule has 13 heteroatoms. The zero-order valence-electron chi connectivity index (χ0n) is 24.1. The van der Waals surface area contributed by atoms with Crippen molar-refractivity contribution < 1.29 is 19.1 Å². The Morgan fingerprint density at radius 2 is 1.80 bits per heavy atom. The summed E-state index contributed by atoms with van der Waals surface area (Å²) in [7, 11) is 1.33. The summed E-state index contributed by atoms with van der Waals surface area (Å²) in [5.74, 6) is -0.585. The molecule has 44 heavy (non-hydrogen) atoms. The molecule has 0 aliphatic heterocycles. The van der Waals surface area contributed by atoms with Crippen LogP contribution in [0.4, 0.5) is 16.2 Å². The summed E-state index contributed by atoms with van der Waals surface area (Å²) < 4.78 is 6.08. The van der Waals surface area contributed by atoms with Gasteiger partial charge < -0.3 is 26.0 Å². The maximum Gasteiger partial charge on any atom is 0.319 e. The summed E-state index contributed by atoms with van der Waals surface area (Å²) in [6, 6.07) is 21.8. The van der Waals surface area contributed by atoms with E-state index in [1.807, 2.05) is 42.5 Å². The number of nitrogens with one attached hydrogen (secondary N) is 4. The normalized spacial score (nSPS) is 11.5. The van der Waals surface area contributed by atoms with Crippen LogP contribution >= 0.6 is 11.6 Å². The molecule has 1 atom stereocenters. The first kappa shape index (κ1) is 31.7. The van der Waals surface area contributed by atoms with Crippen LogP contribution in [0, 0.1) is 0 Å². The highest BCUT2D eigenvalue weighted by atomic mass is 35.5. The third-order valence-electron chi connectivity index (χ3n) is 6.44. The van der Waals surface area contributed by atoms with Crippen molar-refractivity contribution in [2.45, 2.75) is 25.3 Å². The highest BCUT2D eigenvalue weighted by molar-refractivity contribution is 6.30. The summed E-state index contributed by atoms with van der Waals surface area (Å²) in [6.45, 7) is 0.804. The monoisotopic (exact) mass is 616 g/mol. The molecule has 1 aromatic heterocycles. The van der Waals surface area contributed by atoms with Gasteiger partial charge in [0.05, 0.1) is 18.8 Å². The Labute approximate surface area is 259 Å². The molecule has 0 unspecified atom stereocenters. The molecule has 12 nitrogen and oxygen atoms in total. The van der Waals surface area contributed by atoms with E-state index < -0.39 is 0 Å². The number of esters is 1. The minimum atomic E-state index is -0.364. The van der Waals surface area contributed by atoms with Crippen LogP contribution in [0.25, 0.3) is 11.8 Å². The van der Waals surface area contributed by atoms with Gasteiger partial charge in [0.2, 0.25) is 5.91 Å². The van der Waals surface area contributed by atoms with E-state index in [0.29, 0.717) is 47.9 Å². The molecule has 228 valence electrons. The summed E-state index contributed by atoms with van der Waals surface area (Å²) in [5, 5.41) is 23.7. The van der Waals surface area contributed by atoms with Gasteiger partial charge in [-0.2, -0.15) is 4.68 Å². The van der Waals surface area contributed by atoms with Gasteiger partial charge in [0.25, 0.3) is 0 Å². The number of methoxy groups -OCH3 is 1. The minimum absolute atomic E-state index is 0.235. The Bertz CT molecular complexity index is 1550. The molecule has 0 spiro atoms. The van der Waals surface area contributed by atoms with Crippen LogP contribution in [0.1, 0.15) is 24.0 Å². The lowest BCUT2D eigenvalue weighted by Gasteiger charge is -2.20. The highest BCUT2D eigenvalue weighted by Crippen LogP contribution is 2.20. The number of hydrogen-bond donors (Lipinski definition) is 4. The van der Waals surface area contributed by atoms with Crippen LogP contribution in [-0.2, 0) is 20.7 Å². The smallest absolute Gasteiger partial charge is 0.319 e. The number of nitrogens with zero attached hydrogens (tertiary/aromatic N) is 4. The fourth-order valence-corrected chi connectivity index (χ4v) is 4.43. The van der Waals surface area contributed by atoms with Crippen LogP contribution in [0.5, 0.6) is 0 Å². The van der Waals surface area contributed by atoms with E-state index in [1.165, 1.54) is 24.2 Å². The standard InChI is InChI=1S/C31H33ClN8O4/c1-44-30(42)8-5-17-33-31(43)37-26-13-11-25(12-14-26)34-20-27(18-22-6-3-2-4-7-22)36-29(41)16-9-23-19-24(32)10-15-28(23)40-21-35-38-39-40/h2-4,6-7,9-16,19,21,27,34H,5,8,17-18,20H2,1H3,(H,36,41)(H2,33,37,43)/b16-9+/t27-/m0/s1. The van der Waals surface area contributed by atoms with Gasteiger partial charge in [0, 0.05) is 47.5 Å². The van der Waals surface area contributed by atoms with Gasteiger partial charge in [-0.15, -0.1) is 5.10 Å². The van der Waals surface area contributed by atoms with Crippen LogP contribution in [0.2, 0.25) is 5.02 Å². The summed E-state index contributed by atoms with van der Waals surface area (Å²) >= 11 is 6.20. The zero-order valence-corrected chi connectivity index (χ0v) is 24.8. The molecular formula is C31H33ClN8O4. The van der Waals surface area contributed by atoms with Crippen molar-refractivity contribution in [2.75, 3.05) is 30.8 Å². The third kappa shape index (κ3) is 10.2. The molecule has 4 N–H and O–H groups in total. The Hall–Kier alpha value is -5.23. The van der Waals surface area contributed by atoms with E-state index in [-0.39, 0.29) is 30.4 Å². The molecule has 0 radical (unpaired) electrons. The molecule has 0 aliphatic rings. The van der Waals surface area contributed by atoms with Gasteiger partial charge in [-0.3, -0.25) is 9.59 Å². The number of carbonyl (C=O) groups is 3. The number of ether oxygens (including phenoxy) is 1. The molecule has 4 aromatic rings. The Morgan fingerprint density at radius 1 is 1.02 bits per heavy atom. The van der Waals surface area contributed by atoms with Gasteiger partial charge in [0.1, 0.15) is 6.33 Å². The summed E-state index contributed by atoms with van der Waals surface area (Å²) in [4.78, 5) is 36.3. The first-order valence-corrected chi connectivity index (χ1v) is 14.3. The molecule has 0 aliphatic carbocycles. The lowest BCUT2D eigenvalue weighted by Crippen LogP contribution is -2.40. The van der Waals surface area contributed by atoms with Crippen LogP contribution < -0.4 is 21.3 Å². The van der Waals surface area contributed by atoms with Crippen molar-refractivity contribution in [1.82, 2.24) is 30.8 Å². The molecule has 0 saturated heterocycles. The molecule has 3 amide bonds. The van der Waals surface area contributed by atoms with Crippen molar-refractivity contribution >= 4 is 47.0 Å². The number of carbonyl (C=O) groups excluding carboxylic acids is 3. The van der Waals surface area contributed by atoms with Crippen molar-refractivity contribution in [1.29, 1.82) is 0 Å². The second-order valence-corrected chi connectivity index (χ2v) is 10.1. The molecule has 3 aromatic carbocycles. The number of urea groups is 1. The van der Waals surface area contributed by atoms with E-state index in [9.17, 15) is 14.4 Å². The molecule has 0 bridgehead atoms. The number of aromatic nitrogens is 4. The van der Waals surface area contributed by atoms with Crippen molar-refractivity contribution in [3.63, 3.8) is 0 Å². The first-order valence-electron chi connectivity index (χ1n) is 13.9. The minimum Gasteiger partial charge on any atom is -0.469 e. The van der Waals surface area contributed by atoms with Gasteiger partial charge in [0.15, 0.2) is 0 Å². The number of rotatable bonds is 14. The van der Waals surface area contributed by atoms with E-state index >= 15 is 0 Å². The predicted molar refractivity (Wildman–Crippen MR) is 168 cm³/mol. The fraction of sp³-hybridized carbons (Fsp3) is 0.226. The highest BCUT2D eigenvalue weighted by Gasteiger charge is 2.13. The molecular weight excluding hydrogens is 584 g/mol. The first-order chi connectivity index (χ1) is 21.4. The number of benzene rings is 3. The fourth-order valence-electron chi connectivity index (χ4n) is 4.25. The molecule has 4 rings (SSSR count). The van der Waals surface area contributed by atoms with Gasteiger partial charge in [-0.05, 0) is 77.4 Å². The van der Waals surface area contributed by atoms with Gasteiger partial charge in [-0.25, -0.2) is 4.79 Å². The SMILES string of the molecule is COC(=O)CCCNC(=O)Nc1ccc(NC[C@H](Cc2ccccc2)NC(=O)/C=C/c2cc(Cl)ccc2-n2cnnn2)cc1. The average molecular weight is 617 g/mol. The van der Waals surface area contributed by atoms with Crippen LogP contribution in [0.15, 0.2) is 85.2 Å². The predicted octanol–water partition coefficient (Wildman–Crippen LogP) is 4.24. The topological polar surface area (TPSA) is 152 Å². The zero-order chi connectivity index (χ0) is 31.1. The van der Waals surface area contributed by atoms with Crippen molar-refractivity contribution in [3.05, 3.63) is 101 Å². The maximum atomic E-state index is 13.0. The summed E-state index contributed by atoms with van der Waals surface area (Å²) in [5.41, 5.74) is 3.88. The number of halogens is 1. The Kier molecular flexibility index (Phi) is 11.8. The number of anilines is 2. The largest absolute Gasteiger partial charge is 0.469 e. The Balaban J connectivity index is 1.34. The average Bonchev–Trinajstić information content (AvgIpc) is 3.57. The second-order valence-electron chi connectivity index (χ2n) is 9.70. The summed E-state index contributed by atoms with van der Waals surface area (Å²) in [6.07, 6.45) is 5.93. The number of amides is 3. The van der Waals surface area contributed by atoms with Crippen molar-refractivity contribution in [2.24, 2.45) is 0 Å². The van der Waals surface area contributed by atoms with Crippen LogP contribution in [-0.4, -0.2) is 64.4 Å². The molecule has 1 heterocycles. The van der Waals surface area contributed by atoms with Gasteiger partial charge >= 0.3 is 12.0 Å². The van der Waals surface area contributed by atoms with Gasteiger partial charge in [-0.1, -0.05) is 41.9 Å². The quantitative estimate of drug-likeness (QED) is 0.0932. The van der Waals surface area contributed by atoms with Crippen molar-refractivity contribution in [3.8, 4) is 5.69 Å². The maximum absolute atomic E-state index is 13.0. The van der Waals surface area contributed by atoms with E-state index in [1.54, 1.807) is 36.4 Å². The van der Waals surface area contributed by atoms with E-state index in [2.05, 4.69) is 41.5 Å². The second kappa shape index (κ2) is 16.4. The third-order valence-corrected chi connectivity index (χ3v) is 6.67. The van der Waals surface area contributed by atoms with E-state index in [4.69, 9.17) is 11.6 Å². The number of hydrogen-bond acceptors (Lipinski definition) is 8. The van der Waals surface area contributed by atoms with Crippen LogP contribution in [0.3, 0.4) is 0 Å². The molecule has 0 saturated carbocycles. The lowest BCUT2D eigenvalue weighted by atomic mass is 10.1. The van der Waals surface area contributed by atoms with E-state index in [0.717, 1.165) is 11.3 Å². The lowest BCUT2D eigenvalue weighted by molar-refractivity contribution is -0.140.